The van der Waals surface area contributed by atoms with Crippen molar-refractivity contribution in [2.45, 2.75) is 26.2 Å². The maximum Gasteiger partial charge on any atom is 0.266 e. The molecular weight excluding hydrogens is 287 g/mol. The van der Waals surface area contributed by atoms with Crippen LogP contribution in [0, 0.1) is 11.7 Å². The van der Waals surface area contributed by atoms with Crippen LogP contribution in [0.25, 0.3) is 10.1 Å². The highest BCUT2D eigenvalue weighted by Gasteiger charge is 2.27. The molecule has 1 aliphatic rings. The third kappa shape index (κ3) is 2.50. The van der Waals surface area contributed by atoms with Crippen LogP contribution in [0.4, 0.5) is 10.1 Å². The number of benzene rings is 1. The van der Waals surface area contributed by atoms with Crippen molar-refractivity contribution in [1.29, 1.82) is 0 Å². The average Bonchev–Trinajstić information content (AvgIpc) is 2.85. The number of fused-ring (bicyclic) bond motifs is 1. The molecule has 0 spiro atoms. The number of hydrogen-bond acceptors (Lipinski definition) is 3. The van der Waals surface area contributed by atoms with Gasteiger partial charge in [0.25, 0.3) is 5.91 Å². The van der Waals surface area contributed by atoms with Gasteiger partial charge < -0.3 is 10.6 Å². The van der Waals surface area contributed by atoms with Crippen LogP contribution in [-0.4, -0.2) is 23.9 Å². The Bertz CT molecular complexity index is 682. The summed E-state index contributed by atoms with van der Waals surface area (Å²) in [6, 6.07) is 4.84. The lowest BCUT2D eigenvalue weighted by atomic mass is 9.95. The fraction of sp³-hybridized carbons (Fsp3) is 0.438. The summed E-state index contributed by atoms with van der Waals surface area (Å²) in [5.74, 6) is 0.159. The van der Waals surface area contributed by atoms with Gasteiger partial charge in [-0.3, -0.25) is 4.79 Å². The zero-order chi connectivity index (χ0) is 15.0. The molecule has 1 aromatic carbocycles. The molecule has 1 amide bonds. The number of halogens is 1. The lowest BCUT2D eigenvalue weighted by Gasteiger charge is -2.32. The number of amides is 1. The summed E-state index contributed by atoms with van der Waals surface area (Å²) in [6.07, 6.45) is 3.29. The first kappa shape index (κ1) is 14.3. The van der Waals surface area contributed by atoms with Crippen LogP contribution >= 0.6 is 11.3 Å². The molecule has 2 heterocycles. The number of carbonyl (C=O) groups excluding carboxylic acids is 1. The van der Waals surface area contributed by atoms with Crippen LogP contribution in [0.1, 0.15) is 35.9 Å². The molecule has 1 aliphatic heterocycles. The largest absolute Gasteiger partial charge is 0.397 e. The Hall–Kier alpha value is -1.62. The second kappa shape index (κ2) is 5.64. The van der Waals surface area contributed by atoms with Crippen molar-refractivity contribution in [1.82, 2.24) is 4.90 Å². The van der Waals surface area contributed by atoms with Crippen molar-refractivity contribution in [3.63, 3.8) is 0 Å². The summed E-state index contributed by atoms with van der Waals surface area (Å²) in [5, 5.41) is 0.384. The van der Waals surface area contributed by atoms with Crippen LogP contribution < -0.4 is 5.73 Å². The van der Waals surface area contributed by atoms with Crippen molar-refractivity contribution < 1.29 is 9.18 Å². The molecule has 1 atom stereocenters. The second-order valence-corrected chi connectivity index (χ2v) is 6.68. The van der Waals surface area contributed by atoms with Gasteiger partial charge in [0.1, 0.15) is 10.7 Å². The second-order valence-electron chi connectivity index (χ2n) is 5.63. The van der Waals surface area contributed by atoms with E-state index in [1.807, 2.05) is 4.90 Å². The summed E-state index contributed by atoms with van der Waals surface area (Å²) in [6.45, 7) is 3.71. The Morgan fingerprint density at radius 3 is 3.05 bits per heavy atom. The third-order valence-electron chi connectivity index (χ3n) is 4.28. The first-order chi connectivity index (χ1) is 10.1. The molecule has 0 saturated carbocycles. The van der Waals surface area contributed by atoms with E-state index in [0.29, 0.717) is 16.2 Å². The van der Waals surface area contributed by atoms with E-state index in [-0.39, 0.29) is 17.4 Å². The van der Waals surface area contributed by atoms with Gasteiger partial charge >= 0.3 is 0 Å². The lowest BCUT2D eigenvalue weighted by molar-refractivity contribution is 0.0677. The number of rotatable bonds is 2. The smallest absolute Gasteiger partial charge is 0.266 e. The van der Waals surface area contributed by atoms with E-state index in [1.165, 1.54) is 23.8 Å². The topological polar surface area (TPSA) is 46.3 Å². The Balaban J connectivity index is 1.95. The number of nitrogen functional groups attached to an aromatic ring is 1. The predicted octanol–water partition coefficient (Wildman–Crippen LogP) is 3.88. The molecule has 112 valence electrons. The standard InChI is InChI=1S/C16H19FN2OS/c1-2-10-5-4-8-19(9-10)16(20)15-14(18)13-11(17)6-3-7-12(13)21-15/h3,6-7,10H,2,4-5,8-9,18H2,1H3. The Kier molecular flexibility index (Phi) is 3.85. The highest BCUT2D eigenvalue weighted by molar-refractivity contribution is 7.21. The molecule has 0 aliphatic carbocycles. The van der Waals surface area contributed by atoms with E-state index in [2.05, 4.69) is 6.92 Å². The number of thiophene rings is 1. The van der Waals surface area contributed by atoms with Crippen LogP contribution in [0.3, 0.4) is 0 Å². The molecule has 21 heavy (non-hydrogen) atoms. The summed E-state index contributed by atoms with van der Waals surface area (Å²) in [5.41, 5.74) is 6.33. The quantitative estimate of drug-likeness (QED) is 0.915. The van der Waals surface area contributed by atoms with Crippen molar-refractivity contribution in [3.8, 4) is 0 Å². The van der Waals surface area contributed by atoms with E-state index < -0.39 is 0 Å². The number of likely N-dealkylation sites (tertiary alicyclic amines) is 1. The fourth-order valence-electron chi connectivity index (χ4n) is 3.01. The molecule has 1 aromatic heterocycles. The molecule has 1 unspecified atom stereocenters. The molecule has 2 N–H and O–H groups in total. The summed E-state index contributed by atoms with van der Waals surface area (Å²) < 4.78 is 14.6. The Morgan fingerprint density at radius 1 is 1.52 bits per heavy atom. The van der Waals surface area contributed by atoms with Gasteiger partial charge in [-0.1, -0.05) is 19.4 Å². The molecule has 1 fully saturated rings. The molecule has 3 nitrogen and oxygen atoms in total. The number of nitrogens with zero attached hydrogens (tertiary/aromatic N) is 1. The van der Waals surface area contributed by atoms with Gasteiger partial charge in [0, 0.05) is 17.8 Å². The van der Waals surface area contributed by atoms with Crippen LogP contribution in [0.5, 0.6) is 0 Å². The van der Waals surface area contributed by atoms with E-state index in [4.69, 9.17) is 5.73 Å². The van der Waals surface area contributed by atoms with E-state index in [1.54, 1.807) is 12.1 Å². The molecule has 0 bridgehead atoms. The van der Waals surface area contributed by atoms with Gasteiger partial charge in [0.2, 0.25) is 0 Å². The number of piperidine rings is 1. The SMILES string of the molecule is CCC1CCCN(C(=O)c2sc3cccc(F)c3c2N)C1. The van der Waals surface area contributed by atoms with Crippen LogP contribution in [0.15, 0.2) is 18.2 Å². The maximum absolute atomic E-state index is 13.9. The van der Waals surface area contributed by atoms with Gasteiger partial charge in [-0.05, 0) is 30.9 Å². The number of anilines is 1. The average molecular weight is 306 g/mol. The highest BCUT2D eigenvalue weighted by atomic mass is 32.1. The fourth-order valence-corrected chi connectivity index (χ4v) is 4.12. The molecule has 1 saturated heterocycles. The van der Waals surface area contributed by atoms with Gasteiger partial charge in [0.15, 0.2) is 0 Å². The minimum absolute atomic E-state index is 0.0498. The monoisotopic (exact) mass is 306 g/mol. The zero-order valence-electron chi connectivity index (χ0n) is 12.1. The lowest BCUT2D eigenvalue weighted by Crippen LogP contribution is -2.39. The summed E-state index contributed by atoms with van der Waals surface area (Å²) >= 11 is 1.29. The van der Waals surface area contributed by atoms with Gasteiger partial charge in [-0.25, -0.2) is 4.39 Å². The third-order valence-corrected chi connectivity index (χ3v) is 5.44. The van der Waals surface area contributed by atoms with Gasteiger partial charge in [0.05, 0.1) is 11.1 Å². The predicted molar refractivity (Wildman–Crippen MR) is 85.1 cm³/mol. The van der Waals surface area contributed by atoms with Crippen molar-refractivity contribution in [3.05, 3.63) is 28.9 Å². The Labute approximate surface area is 127 Å². The molecule has 2 aromatic rings. The Morgan fingerprint density at radius 2 is 2.33 bits per heavy atom. The van der Waals surface area contributed by atoms with Crippen LogP contribution in [0.2, 0.25) is 0 Å². The first-order valence-corrected chi connectivity index (χ1v) is 8.19. The van der Waals surface area contributed by atoms with Crippen LogP contribution in [-0.2, 0) is 0 Å². The van der Waals surface area contributed by atoms with Gasteiger partial charge in [-0.15, -0.1) is 11.3 Å². The minimum atomic E-state index is -0.356. The number of nitrogens with two attached hydrogens (primary N) is 1. The van der Waals surface area contributed by atoms with E-state index in [0.717, 1.165) is 30.6 Å². The number of carbonyl (C=O) groups is 1. The minimum Gasteiger partial charge on any atom is -0.397 e. The van der Waals surface area contributed by atoms with Crippen molar-refractivity contribution in [2.24, 2.45) is 5.92 Å². The van der Waals surface area contributed by atoms with Gasteiger partial charge in [-0.2, -0.15) is 0 Å². The first-order valence-electron chi connectivity index (χ1n) is 7.37. The van der Waals surface area contributed by atoms with Crippen molar-refractivity contribution >= 4 is 33.0 Å². The number of hydrogen-bond donors (Lipinski definition) is 1. The van der Waals surface area contributed by atoms with Crippen molar-refractivity contribution in [2.75, 3.05) is 18.8 Å². The normalized spacial score (nSPS) is 19.1. The molecular formula is C16H19FN2OS. The summed E-state index contributed by atoms with van der Waals surface area (Å²) in [7, 11) is 0. The molecule has 3 rings (SSSR count). The zero-order valence-corrected chi connectivity index (χ0v) is 12.9. The summed E-state index contributed by atoms with van der Waals surface area (Å²) in [4.78, 5) is 15.0. The van der Waals surface area contributed by atoms with E-state index in [9.17, 15) is 9.18 Å². The highest BCUT2D eigenvalue weighted by Crippen LogP contribution is 2.36. The molecule has 5 heteroatoms. The molecule has 0 radical (unpaired) electrons. The maximum atomic E-state index is 13.9. The van der Waals surface area contributed by atoms with E-state index >= 15 is 0 Å².